The van der Waals surface area contributed by atoms with Crippen molar-refractivity contribution >= 4 is 12.1 Å². The summed E-state index contributed by atoms with van der Waals surface area (Å²) in [6.07, 6.45) is 1.56. The number of hydrogen-bond donors (Lipinski definition) is 1. The van der Waals surface area contributed by atoms with Crippen LogP contribution in [-0.2, 0) is 4.79 Å². The van der Waals surface area contributed by atoms with Gasteiger partial charge in [0.05, 0.1) is 13.3 Å². The first-order valence-electron chi connectivity index (χ1n) is 8.19. The van der Waals surface area contributed by atoms with E-state index in [0.29, 0.717) is 5.92 Å². The Morgan fingerprint density at radius 2 is 2.04 bits per heavy atom. The van der Waals surface area contributed by atoms with Gasteiger partial charge in [-0.25, -0.2) is 5.43 Å². The number of carbonyl (C=O) groups is 1. The first-order valence-corrected chi connectivity index (χ1v) is 8.19. The molecular weight excluding hydrogens is 316 g/mol. The molecule has 132 valence electrons. The van der Waals surface area contributed by atoms with E-state index >= 15 is 0 Å². The molecule has 0 saturated carbocycles. The molecule has 1 N–H and O–H groups in total. The molecular formula is C20H24N2O3. The highest BCUT2D eigenvalue weighted by molar-refractivity contribution is 5.83. The Morgan fingerprint density at radius 3 is 2.76 bits per heavy atom. The second-order valence-corrected chi connectivity index (χ2v) is 6.05. The van der Waals surface area contributed by atoms with Crippen LogP contribution in [0.4, 0.5) is 0 Å². The molecule has 0 aliphatic heterocycles. The Morgan fingerprint density at radius 1 is 1.24 bits per heavy atom. The molecule has 0 atom stereocenters. The van der Waals surface area contributed by atoms with Gasteiger partial charge in [-0.1, -0.05) is 38.1 Å². The second-order valence-electron chi connectivity index (χ2n) is 6.05. The molecule has 0 saturated heterocycles. The predicted octanol–water partition coefficient (Wildman–Crippen LogP) is 3.66. The van der Waals surface area contributed by atoms with E-state index in [1.54, 1.807) is 13.3 Å². The first kappa shape index (κ1) is 18.5. The molecule has 0 aliphatic rings. The zero-order valence-electron chi connectivity index (χ0n) is 15.1. The molecule has 0 fully saturated rings. The van der Waals surface area contributed by atoms with Crippen LogP contribution in [-0.4, -0.2) is 25.8 Å². The minimum atomic E-state index is -0.310. The summed E-state index contributed by atoms with van der Waals surface area (Å²) in [5, 5.41) is 3.94. The van der Waals surface area contributed by atoms with E-state index in [2.05, 4.69) is 24.4 Å². The van der Waals surface area contributed by atoms with Crippen molar-refractivity contribution in [2.45, 2.75) is 26.7 Å². The third kappa shape index (κ3) is 5.64. The number of benzene rings is 2. The largest absolute Gasteiger partial charge is 0.497 e. The minimum absolute atomic E-state index is 0.0847. The lowest BCUT2D eigenvalue weighted by Crippen LogP contribution is -2.25. The third-order valence-corrected chi connectivity index (χ3v) is 3.65. The van der Waals surface area contributed by atoms with Crippen molar-refractivity contribution in [1.29, 1.82) is 0 Å². The topological polar surface area (TPSA) is 59.9 Å². The van der Waals surface area contributed by atoms with Crippen LogP contribution < -0.4 is 14.9 Å². The second kappa shape index (κ2) is 8.87. The maximum Gasteiger partial charge on any atom is 0.277 e. The maximum atomic E-state index is 11.9. The summed E-state index contributed by atoms with van der Waals surface area (Å²) in [7, 11) is 1.60. The lowest BCUT2D eigenvalue weighted by Gasteiger charge is -2.14. The van der Waals surface area contributed by atoms with E-state index < -0.39 is 0 Å². The number of nitrogens with zero attached hydrogens (tertiary/aromatic N) is 1. The highest BCUT2D eigenvalue weighted by atomic mass is 16.5. The van der Waals surface area contributed by atoms with Gasteiger partial charge in [0.15, 0.2) is 6.61 Å². The number of aryl methyl sites for hydroxylation is 1. The number of hydrogen-bond acceptors (Lipinski definition) is 4. The summed E-state index contributed by atoms with van der Waals surface area (Å²) in [5.74, 6) is 1.49. The van der Waals surface area contributed by atoms with Crippen molar-refractivity contribution in [1.82, 2.24) is 5.43 Å². The normalized spacial score (nSPS) is 10.9. The summed E-state index contributed by atoms with van der Waals surface area (Å²) >= 11 is 0. The van der Waals surface area contributed by atoms with Crippen molar-refractivity contribution in [3.63, 3.8) is 0 Å². The van der Waals surface area contributed by atoms with Gasteiger partial charge in [-0.3, -0.25) is 4.79 Å². The SMILES string of the molecule is COc1cccc(C=NNC(=O)COc2cc(C)ccc2C(C)C)c1. The molecule has 2 aromatic carbocycles. The molecule has 2 aromatic rings. The third-order valence-electron chi connectivity index (χ3n) is 3.65. The van der Waals surface area contributed by atoms with Crippen molar-refractivity contribution < 1.29 is 14.3 Å². The van der Waals surface area contributed by atoms with E-state index in [1.165, 1.54) is 0 Å². The van der Waals surface area contributed by atoms with E-state index in [1.807, 2.05) is 49.4 Å². The lowest BCUT2D eigenvalue weighted by atomic mass is 10.0. The van der Waals surface area contributed by atoms with Crippen LogP contribution in [0.5, 0.6) is 11.5 Å². The zero-order valence-corrected chi connectivity index (χ0v) is 15.1. The van der Waals surface area contributed by atoms with Crippen LogP contribution in [0.1, 0.15) is 36.5 Å². The molecule has 5 heteroatoms. The Hall–Kier alpha value is -2.82. The summed E-state index contributed by atoms with van der Waals surface area (Å²) in [6.45, 7) is 6.10. The van der Waals surface area contributed by atoms with Crippen LogP contribution in [0.15, 0.2) is 47.6 Å². The average molecular weight is 340 g/mol. The quantitative estimate of drug-likeness (QED) is 0.618. The molecule has 0 aromatic heterocycles. The monoisotopic (exact) mass is 340 g/mol. The lowest BCUT2D eigenvalue weighted by molar-refractivity contribution is -0.123. The Bertz CT molecular complexity index is 754. The predicted molar refractivity (Wildman–Crippen MR) is 99.5 cm³/mol. The Labute approximate surface area is 148 Å². The van der Waals surface area contributed by atoms with Gasteiger partial charge in [0, 0.05) is 0 Å². The standard InChI is InChI=1S/C20H24N2O3/c1-14(2)18-9-8-15(3)10-19(18)25-13-20(23)22-21-12-16-6-5-7-17(11-16)24-4/h5-12,14H,13H2,1-4H3,(H,22,23). The molecule has 0 unspecified atom stereocenters. The minimum Gasteiger partial charge on any atom is -0.497 e. The molecule has 25 heavy (non-hydrogen) atoms. The van der Waals surface area contributed by atoms with Crippen LogP contribution in [0, 0.1) is 6.92 Å². The first-order chi connectivity index (χ1) is 12.0. The Balaban J connectivity index is 1.91. The fraction of sp³-hybridized carbons (Fsp3) is 0.300. The highest BCUT2D eigenvalue weighted by Crippen LogP contribution is 2.27. The number of amides is 1. The smallest absolute Gasteiger partial charge is 0.277 e. The van der Waals surface area contributed by atoms with Crippen LogP contribution >= 0.6 is 0 Å². The van der Waals surface area contributed by atoms with Gasteiger partial charge in [-0.05, 0) is 47.7 Å². The molecule has 0 bridgehead atoms. The molecule has 2 rings (SSSR count). The maximum absolute atomic E-state index is 11.9. The molecule has 0 spiro atoms. The molecule has 0 radical (unpaired) electrons. The fourth-order valence-corrected chi connectivity index (χ4v) is 2.32. The summed E-state index contributed by atoms with van der Waals surface area (Å²) < 4.78 is 10.8. The van der Waals surface area contributed by atoms with Gasteiger partial charge >= 0.3 is 0 Å². The van der Waals surface area contributed by atoms with Gasteiger partial charge < -0.3 is 9.47 Å². The summed E-state index contributed by atoms with van der Waals surface area (Å²) in [5.41, 5.74) is 5.48. The highest BCUT2D eigenvalue weighted by Gasteiger charge is 2.10. The fourth-order valence-electron chi connectivity index (χ4n) is 2.32. The van der Waals surface area contributed by atoms with Crippen LogP contribution in [0.25, 0.3) is 0 Å². The van der Waals surface area contributed by atoms with Crippen molar-refractivity contribution in [2.24, 2.45) is 5.10 Å². The van der Waals surface area contributed by atoms with E-state index in [-0.39, 0.29) is 12.5 Å². The number of ether oxygens (including phenoxy) is 2. The van der Waals surface area contributed by atoms with Crippen molar-refractivity contribution in [2.75, 3.05) is 13.7 Å². The Kier molecular flexibility index (Phi) is 6.57. The van der Waals surface area contributed by atoms with E-state index in [4.69, 9.17) is 9.47 Å². The number of methoxy groups -OCH3 is 1. The van der Waals surface area contributed by atoms with Crippen molar-refractivity contribution in [3.05, 3.63) is 59.2 Å². The summed E-state index contributed by atoms with van der Waals surface area (Å²) in [6, 6.07) is 13.4. The molecule has 0 aliphatic carbocycles. The van der Waals surface area contributed by atoms with Crippen molar-refractivity contribution in [3.8, 4) is 11.5 Å². The summed E-state index contributed by atoms with van der Waals surface area (Å²) in [4.78, 5) is 11.9. The zero-order chi connectivity index (χ0) is 18.2. The number of nitrogens with one attached hydrogen (secondary N) is 1. The van der Waals surface area contributed by atoms with Gasteiger partial charge in [0.25, 0.3) is 5.91 Å². The average Bonchev–Trinajstić information content (AvgIpc) is 2.60. The van der Waals surface area contributed by atoms with Gasteiger partial charge in [0.2, 0.25) is 0 Å². The van der Waals surface area contributed by atoms with Gasteiger partial charge in [-0.15, -0.1) is 0 Å². The van der Waals surface area contributed by atoms with Crippen LogP contribution in [0.3, 0.4) is 0 Å². The van der Waals surface area contributed by atoms with E-state index in [9.17, 15) is 4.79 Å². The van der Waals surface area contributed by atoms with Gasteiger partial charge in [-0.2, -0.15) is 5.10 Å². The van der Waals surface area contributed by atoms with Gasteiger partial charge in [0.1, 0.15) is 11.5 Å². The number of carbonyl (C=O) groups excluding carboxylic acids is 1. The number of hydrazone groups is 1. The number of rotatable bonds is 7. The molecule has 1 amide bonds. The van der Waals surface area contributed by atoms with E-state index in [0.717, 1.165) is 28.2 Å². The molecule has 5 nitrogen and oxygen atoms in total. The molecule has 0 heterocycles. The van der Waals surface area contributed by atoms with Crippen LogP contribution in [0.2, 0.25) is 0 Å².